The van der Waals surface area contributed by atoms with Crippen molar-refractivity contribution in [3.05, 3.63) is 146 Å². The first-order valence-electron chi connectivity index (χ1n) is 41.1. The topological polar surface area (TPSA) is 237 Å². The highest BCUT2D eigenvalue weighted by Crippen LogP contribution is 2.45. The maximum absolute atomic E-state index is 13.1. The Bertz CT molecular complexity index is 2580. The van der Waals surface area contributed by atoms with Crippen molar-refractivity contribution in [2.45, 2.75) is 341 Å². The molecule has 0 saturated heterocycles. The summed E-state index contributed by atoms with van der Waals surface area (Å²) in [6, 6.07) is 0. The number of ether oxygens (including phenoxy) is 4. The molecule has 0 fully saturated rings. The fourth-order valence-electron chi connectivity index (χ4n) is 10.6. The summed E-state index contributed by atoms with van der Waals surface area (Å²) in [7, 11) is -9.99. The third-order valence-electron chi connectivity index (χ3n) is 16.8. The Labute approximate surface area is 643 Å². The number of carbonyl (C=O) groups excluding carboxylic acids is 4. The highest BCUT2D eigenvalue weighted by atomic mass is 31.2. The first-order chi connectivity index (χ1) is 51.7. The summed E-state index contributed by atoms with van der Waals surface area (Å²) in [5, 5.41) is 10.7. The molecule has 0 rings (SSSR count). The molecule has 0 aromatic carbocycles. The normalized spacial score (nSPS) is 14.6. The molecule has 106 heavy (non-hydrogen) atoms. The number of phosphoric ester groups is 2. The fraction of sp³-hybridized carbons (Fsp3) is 0.678. The van der Waals surface area contributed by atoms with Gasteiger partial charge in [0.2, 0.25) is 0 Å². The lowest BCUT2D eigenvalue weighted by atomic mass is 10.1. The molecule has 0 heterocycles. The van der Waals surface area contributed by atoms with E-state index >= 15 is 0 Å². The van der Waals surface area contributed by atoms with Crippen LogP contribution >= 0.6 is 15.6 Å². The number of carbonyl (C=O) groups is 4. The molecular weight excluding hydrogens is 1380 g/mol. The van der Waals surface area contributed by atoms with Gasteiger partial charge in [-0.3, -0.25) is 37.3 Å². The van der Waals surface area contributed by atoms with Crippen molar-refractivity contribution < 1.29 is 80.2 Å². The van der Waals surface area contributed by atoms with E-state index in [9.17, 15) is 43.2 Å². The lowest BCUT2D eigenvalue weighted by Crippen LogP contribution is -2.30. The summed E-state index contributed by atoms with van der Waals surface area (Å²) in [6.07, 6.45) is 89.6. The van der Waals surface area contributed by atoms with Crippen LogP contribution in [-0.2, 0) is 65.4 Å². The number of aliphatic hydroxyl groups is 1. The van der Waals surface area contributed by atoms with Gasteiger partial charge in [0, 0.05) is 25.7 Å². The van der Waals surface area contributed by atoms with Gasteiger partial charge < -0.3 is 33.8 Å². The standard InChI is InChI=1S/C87H146O17P2/c1-5-9-13-17-21-25-29-33-36-38-40-42-45-48-51-55-59-63-67-71-84(89)97-77-82(103-86(91)73-69-65-61-57-53-47-32-28-24-20-16-12-8-4)79-101-105(93,94)99-75-81(88)76-100-106(95,96)102-80-83(104-87(92)74-70-66-62-58-54-50-44-35-31-27-23-19-15-11-7-3)78-98-85(90)72-68-64-60-56-52-49-46-43-41-39-37-34-30-26-22-18-14-10-6-2/h9-10,13-14,21-22,25-26,28,32-37,40-44,48-49,51-52,81-83,88H,5-8,11-12,15-20,23-24,27,29-31,38-39,45-47,50,53-80H2,1-4H3,(H,93,94)(H,95,96)/b13-9-,14-10-,25-21-,26-22-,32-28-,36-33-,37-34-,42-40-,43-41-,44-35-,51-48-,52-49-/t81-,82+,83+/m0/s1. The number of phosphoric acid groups is 2. The molecule has 5 atom stereocenters. The van der Waals surface area contributed by atoms with Crippen LogP contribution in [0.5, 0.6) is 0 Å². The van der Waals surface area contributed by atoms with Crippen LogP contribution in [0.1, 0.15) is 323 Å². The molecule has 3 N–H and O–H groups in total. The maximum atomic E-state index is 13.1. The maximum Gasteiger partial charge on any atom is 0.472 e. The van der Waals surface area contributed by atoms with E-state index in [0.29, 0.717) is 25.7 Å². The van der Waals surface area contributed by atoms with E-state index in [2.05, 4.69) is 174 Å². The van der Waals surface area contributed by atoms with Crippen molar-refractivity contribution in [1.82, 2.24) is 0 Å². The number of allylic oxidation sites excluding steroid dienone is 24. The number of esters is 4. The van der Waals surface area contributed by atoms with Crippen molar-refractivity contribution in [2.24, 2.45) is 0 Å². The SMILES string of the molecule is CC/C=C\C/C=C\C/C=C\C/C=C\C/C=C\CCCCCC(=O)OC[C@H](COP(=O)(O)OC[C@H](O)COP(=O)(O)OC[C@@H](COC(=O)CCCCC/C=C\C/C=C\C/C=C\C/C=C\C/C=C\CC)OC(=O)CCCCCCC/C=C\CCCCCCCC)OC(=O)CCCCCCC/C=C\CCCCCC. The summed E-state index contributed by atoms with van der Waals surface area (Å²) >= 11 is 0. The lowest BCUT2D eigenvalue weighted by molar-refractivity contribution is -0.161. The summed E-state index contributed by atoms with van der Waals surface area (Å²) < 4.78 is 68.6. The molecule has 0 aliphatic heterocycles. The molecule has 0 saturated carbocycles. The molecule has 606 valence electrons. The van der Waals surface area contributed by atoms with E-state index in [1.165, 1.54) is 64.2 Å². The second kappa shape index (κ2) is 78.1. The summed E-state index contributed by atoms with van der Waals surface area (Å²) in [4.78, 5) is 73.1. The van der Waals surface area contributed by atoms with E-state index in [0.717, 1.165) is 180 Å². The molecule has 0 aliphatic carbocycles. The van der Waals surface area contributed by atoms with Crippen molar-refractivity contribution in [1.29, 1.82) is 0 Å². The van der Waals surface area contributed by atoms with Crippen LogP contribution in [0, 0.1) is 0 Å². The molecular formula is C87H146O17P2. The molecule has 0 spiro atoms. The average molecular weight is 1530 g/mol. The van der Waals surface area contributed by atoms with Gasteiger partial charge in [0.05, 0.1) is 26.4 Å². The minimum Gasteiger partial charge on any atom is -0.462 e. The van der Waals surface area contributed by atoms with Gasteiger partial charge in [-0.15, -0.1) is 0 Å². The van der Waals surface area contributed by atoms with Crippen LogP contribution in [0.2, 0.25) is 0 Å². The highest BCUT2D eigenvalue weighted by molar-refractivity contribution is 7.47. The van der Waals surface area contributed by atoms with Crippen molar-refractivity contribution in [3.63, 3.8) is 0 Å². The number of aliphatic hydroxyl groups excluding tert-OH is 1. The Hall–Kier alpha value is -5.06. The number of hydrogen-bond donors (Lipinski definition) is 3. The minimum absolute atomic E-state index is 0.0730. The smallest absolute Gasteiger partial charge is 0.462 e. The van der Waals surface area contributed by atoms with Crippen molar-refractivity contribution in [3.8, 4) is 0 Å². The largest absolute Gasteiger partial charge is 0.472 e. The zero-order valence-electron chi connectivity index (χ0n) is 66.3. The molecule has 0 radical (unpaired) electrons. The molecule has 2 unspecified atom stereocenters. The van der Waals surface area contributed by atoms with Crippen LogP contribution in [-0.4, -0.2) is 96.7 Å². The zero-order valence-corrected chi connectivity index (χ0v) is 68.1. The van der Waals surface area contributed by atoms with Crippen LogP contribution in [0.3, 0.4) is 0 Å². The van der Waals surface area contributed by atoms with Crippen LogP contribution in [0.25, 0.3) is 0 Å². The molecule has 0 amide bonds. The third-order valence-corrected chi connectivity index (χ3v) is 18.7. The van der Waals surface area contributed by atoms with Crippen molar-refractivity contribution >= 4 is 39.5 Å². The number of rotatable bonds is 76. The van der Waals surface area contributed by atoms with Gasteiger partial charge in [-0.25, -0.2) is 9.13 Å². The van der Waals surface area contributed by atoms with E-state index < -0.39 is 97.5 Å². The predicted molar refractivity (Wildman–Crippen MR) is 436 cm³/mol. The average Bonchev–Trinajstić information content (AvgIpc) is 0.901. The van der Waals surface area contributed by atoms with Crippen LogP contribution in [0.15, 0.2) is 146 Å². The summed E-state index contributed by atoms with van der Waals surface area (Å²) in [5.74, 6) is -2.27. The Morgan fingerprint density at radius 2 is 0.491 bits per heavy atom. The molecule has 0 aliphatic rings. The first-order valence-corrected chi connectivity index (χ1v) is 44.1. The molecule has 0 aromatic rings. The second-order valence-electron chi connectivity index (χ2n) is 26.9. The van der Waals surface area contributed by atoms with Gasteiger partial charge in [-0.1, -0.05) is 276 Å². The highest BCUT2D eigenvalue weighted by Gasteiger charge is 2.30. The Morgan fingerprint density at radius 1 is 0.274 bits per heavy atom. The number of hydrogen-bond acceptors (Lipinski definition) is 15. The number of unbranched alkanes of at least 4 members (excludes halogenated alkanes) is 26. The second-order valence-corrected chi connectivity index (χ2v) is 29.8. The van der Waals surface area contributed by atoms with Crippen LogP contribution < -0.4 is 0 Å². The van der Waals surface area contributed by atoms with Gasteiger partial charge >= 0.3 is 39.5 Å². The van der Waals surface area contributed by atoms with E-state index in [-0.39, 0.29) is 25.7 Å². The van der Waals surface area contributed by atoms with Gasteiger partial charge in [0.25, 0.3) is 0 Å². The zero-order chi connectivity index (χ0) is 77.4. The molecule has 19 heteroatoms. The predicted octanol–water partition coefficient (Wildman–Crippen LogP) is 24.2. The van der Waals surface area contributed by atoms with Crippen molar-refractivity contribution in [2.75, 3.05) is 39.6 Å². The Kier molecular flexibility index (Phi) is 74.3. The van der Waals surface area contributed by atoms with E-state index in [1.54, 1.807) is 0 Å². The van der Waals surface area contributed by atoms with Crippen LogP contribution in [0.4, 0.5) is 0 Å². The molecule has 0 bridgehead atoms. The van der Waals surface area contributed by atoms with Gasteiger partial charge in [-0.05, 0) is 167 Å². The minimum atomic E-state index is -4.99. The monoisotopic (exact) mass is 1530 g/mol. The lowest BCUT2D eigenvalue weighted by Gasteiger charge is -2.21. The summed E-state index contributed by atoms with van der Waals surface area (Å²) in [6.45, 7) is 4.55. The molecule has 17 nitrogen and oxygen atoms in total. The van der Waals surface area contributed by atoms with Gasteiger partial charge in [-0.2, -0.15) is 0 Å². The Morgan fingerprint density at radius 3 is 0.783 bits per heavy atom. The van der Waals surface area contributed by atoms with E-state index in [4.69, 9.17) is 37.0 Å². The quantitative estimate of drug-likeness (QED) is 0.0169. The fourth-order valence-corrected chi connectivity index (χ4v) is 12.1. The van der Waals surface area contributed by atoms with Gasteiger partial charge in [0.1, 0.15) is 19.3 Å². The first kappa shape index (κ1) is 101. The summed E-state index contributed by atoms with van der Waals surface area (Å²) in [5.41, 5.74) is 0. The van der Waals surface area contributed by atoms with Gasteiger partial charge in [0.15, 0.2) is 12.2 Å². The van der Waals surface area contributed by atoms with E-state index in [1.807, 2.05) is 0 Å². The third kappa shape index (κ3) is 77.1. The molecule has 0 aromatic heterocycles. The Balaban J connectivity index is 5.42.